The van der Waals surface area contributed by atoms with Crippen molar-refractivity contribution in [1.82, 2.24) is 10.6 Å². The maximum absolute atomic E-state index is 3.63. The fourth-order valence-electron chi connectivity index (χ4n) is 5.07. The van der Waals surface area contributed by atoms with Crippen LogP contribution >= 0.6 is 21.6 Å². The fourth-order valence-corrected chi connectivity index (χ4v) is 6.97. The zero-order valence-corrected chi connectivity index (χ0v) is 31.3. The third kappa shape index (κ3) is 41.6. The molecule has 0 radical (unpaired) electrons. The minimum atomic E-state index is 1.12. The molecule has 0 aromatic carbocycles. The first-order valence-corrected chi connectivity index (χ1v) is 21.7. The van der Waals surface area contributed by atoms with E-state index in [-0.39, 0.29) is 0 Å². The topological polar surface area (TPSA) is 24.1 Å². The monoisotopic (exact) mass is 649 g/mol. The van der Waals surface area contributed by atoms with Gasteiger partial charge in [-0.15, -0.1) is 0 Å². The van der Waals surface area contributed by atoms with E-state index in [0.29, 0.717) is 0 Å². The van der Waals surface area contributed by atoms with E-state index in [9.17, 15) is 0 Å². The molecular weight excluding hydrogens is 573 g/mol. The molecule has 0 amide bonds. The zero-order valence-electron chi connectivity index (χ0n) is 29.6. The molecule has 0 aliphatic rings. The van der Waals surface area contributed by atoms with Gasteiger partial charge in [-0.3, -0.25) is 0 Å². The van der Waals surface area contributed by atoms with Crippen molar-refractivity contribution in [3.8, 4) is 0 Å². The summed E-state index contributed by atoms with van der Waals surface area (Å²) in [6.45, 7) is 9.22. The molecule has 0 aromatic rings. The van der Waals surface area contributed by atoms with Gasteiger partial charge in [0.25, 0.3) is 0 Å². The van der Waals surface area contributed by atoms with Crippen LogP contribution in [0.1, 0.15) is 168 Å². The number of hydrogen-bond acceptors (Lipinski definition) is 4. The molecule has 0 aliphatic carbocycles. The summed E-state index contributed by atoms with van der Waals surface area (Å²) in [5.74, 6) is 2.44. The highest BCUT2D eigenvalue weighted by Crippen LogP contribution is 2.19. The van der Waals surface area contributed by atoms with E-state index in [4.69, 9.17) is 0 Å². The number of allylic oxidation sites excluding steroid dienone is 8. The Morgan fingerprint density at radius 2 is 0.659 bits per heavy atom. The van der Waals surface area contributed by atoms with Gasteiger partial charge < -0.3 is 10.6 Å². The standard InChI is InChI=1S/C40H76N2S2/c1-3-5-7-9-11-13-15-17-19-21-23-25-27-29-31-33-35-41-37-39-43-44-40-38-42-36-34-32-30-28-26-24-22-20-18-16-14-12-10-8-6-4-2/h11-14,17-20,41-42H,3-10,15-16,21-40H2,1-2H3. The van der Waals surface area contributed by atoms with Gasteiger partial charge in [0.2, 0.25) is 0 Å². The molecule has 44 heavy (non-hydrogen) atoms. The molecule has 0 unspecified atom stereocenters. The van der Waals surface area contributed by atoms with Gasteiger partial charge in [0.1, 0.15) is 0 Å². The van der Waals surface area contributed by atoms with Gasteiger partial charge >= 0.3 is 0 Å². The van der Waals surface area contributed by atoms with Crippen molar-refractivity contribution in [2.24, 2.45) is 0 Å². The highest BCUT2D eigenvalue weighted by Gasteiger charge is 1.95. The van der Waals surface area contributed by atoms with Crippen LogP contribution in [-0.4, -0.2) is 37.7 Å². The lowest BCUT2D eigenvalue weighted by atomic mass is 10.1. The largest absolute Gasteiger partial charge is 0.316 e. The Balaban J connectivity index is 3.13. The molecule has 2 N–H and O–H groups in total. The Morgan fingerprint density at radius 3 is 1.02 bits per heavy atom. The van der Waals surface area contributed by atoms with Gasteiger partial charge in [-0.1, -0.05) is 161 Å². The highest BCUT2D eigenvalue weighted by molar-refractivity contribution is 8.76. The van der Waals surface area contributed by atoms with E-state index in [1.165, 1.54) is 166 Å². The highest BCUT2D eigenvalue weighted by atomic mass is 33.1. The Morgan fingerprint density at radius 1 is 0.341 bits per heavy atom. The van der Waals surface area contributed by atoms with E-state index in [1.807, 2.05) is 21.6 Å². The van der Waals surface area contributed by atoms with Gasteiger partial charge in [0.15, 0.2) is 0 Å². The van der Waals surface area contributed by atoms with E-state index in [1.54, 1.807) is 0 Å². The van der Waals surface area contributed by atoms with Crippen LogP contribution in [0.15, 0.2) is 48.6 Å². The van der Waals surface area contributed by atoms with Crippen molar-refractivity contribution in [2.75, 3.05) is 37.7 Å². The molecule has 2 nitrogen and oxygen atoms in total. The predicted octanol–water partition coefficient (Wildman–Crippen LogP) is 13.2. The predicted molar refractivity (Wildman–Crippen MR) is 209 cm³/mol. The molecule has 0 spiro atoms. The van der Waals surface area contributed by atoms with Gasteiger partial charge in [-0.2, -0.15) is 0 Å². The summed E-state index contributed by atoms with van der Waals surface area (Å²) in [5, 5.41) is 7.26. The summed E-state index contributed by atoms with van der Waals surface area (Å²) in [6, 6.07) is 0. The Hall–Kier alpha value is -0.420. The van der Waals surface area contributed by atoms with Crippen LogP contribution in [-0.2, 0) is 0 Å². The van der Waals surface area contributed by atoms with Crippen molar-refractivity contribution in [3.05, 3.63) is 48.6 Å². The summed E-state index contributed by atoms with van der Waals surface area (Å²) >= 11 is 0. The van der Waals surface area contributed by atoms with Gasteiger partial charge in [0.05, 0.1) is 0 Å². The molecule has 0 fully saturated rings. The van der Waals surface area contributed by atoms with Crippen LogP contribution in [0.5, 0.6) is 0 Å². The average Bonchev–Trinajstić information content (AvgIpc) is 3.04. The van der Waals surface area contributed by atoms with Crippen molar-refractivity contribution in [2.45, 2.75) is 168 Å². The van der Waals surface area contributed by atoms with Crippen LogP contribution in [0.2, 0.25) is 0 Å². The summed E-state index contributed by atoms with van der Waals surface area (Å²) in [5.41, 5.74) is 0. The van der Waals surface area contributed by atoms with Crippen molar-refractivity contribution >= 4 is 21.6 Å². The normalized spacial score (nSPS) is 12.3. The zero-order chi connectivity index (χ0) is 31.7. The molecule has 0 heterocycles. The van der Waals surface area contributed by atoms with Crippen LogP contribution in [0, 0.1) is 0 Å². The maximum atomic E-state index is 3.63. The van der Waals surface area contributed by atoms with Crippen molar-refractivity contribution in [1.29, 1.82) is 0 Å². The molecule has 0 rings (SSSR count). The second-order valence-corrected chi connectivity index (χ2v) is 15.0. The minimum Gasteiger partial charge on any atom is -0.316 e. The average molecular weight is 649 g/mol. The number of nitrogens with one attached hydrogen (secondary N) is 2. The maximum Gasteiger partial charge on any atom is 0.0162 e. The van der Waals surface area contributed by atoms with Gasteiger partial charge in [0, 0.05) is 24.6 Å². The van der Waals surface area contributed by atoms with E-state index < -0.39 is 0 Å². The van der Waals surface area contributed by atoms with Crippen LogP contribution in [0.25, 0.3) is 0 Å². The molecule has 0 bridgehead atoms. The minimum absolute atomic E-state index is 1.12. The van der Waals surface area contributed by atoms with Crippen molar-refractivity contribution < 1.29 is 0 Å². The molecule has 0 atom stereocenters. The SMILES string of the molecule is CCCCCC=CCC=CCCCCCCCCNCCSSCCNCCCCCCCCC=CCC=CCCCCC. The smallest absolute Gasteiger partial charge is 0.0162 e. The third-order valence-electron chi connectivity index (χ3n) is 7.92. The lowest BCUT2D eigenvalue weighted by Crippen LogP contribution is -2.19. The second-order valence-electron chi connectivity index (χ2n) is 12.3. The summed E-state index contributed by atoms with van der Waals surface area (Å²) < 4.78 is 0. The lowest BCUT2D eigenvalue weighted by molar-refractivity contribution is 0.574. The first kappa shape index (κ1) is 43.6. The van der Waals surface area contributed by atoms with Crippen LogP contribution in [0.3, 0.4) is 0 Å². The quantitative estimate of drug-likeness (QED) is 0.0398. The molecule has 4 heteroatoms. The van der Waals surface area contributed by atoms with E-state index in [2.05, 4.69) is 73.1 Å². The van der Waals surface area contributed by atoms with Crippen LogP contribution in [0.4, 0.5) is 0 Å². The molecular formula is C40H76N2S2. The number of unbranched alkanes of at least 4 members (excludes halogenated alkanes) is 18. The molecule has 0 aromatic heterocycles. The van der Waals surface area contributed by atoms with E-state index >= 15 is 0 Å². The molecule has 0 saturated heterocycles. The fraction of sp³-hybridized carbons (Fsp3) is 0.800. The molecule has 258 valence electrons. The van der Waals surface area contributed by atoms with Crippen molar-refractivity contribution in [3.63, 3.8) is 0 Å². The summed E-state index contributed by atoms with van der Waals surface area (Å²) in [6.07, 6.45) is 50.7. The number of hydrogen-bond donors (Lipinski definition) is 2. The van der Waals surface area contributed by atoms with Gasteiger partial charge in [-0.25, -0.2) is 0 Å². The first-order chi connectivity index (χ1) is 21.9. The lowest BCUT2D eigenvalue weighted by Gasteiger charge is -2.06. The Labute approximate surface area is 285 Å². The Kier molecular flexibility index (Phi) is 42.2. The molecule has 0 aliphatic heterocycles. The third-order valence-corrected chi connectivity index (χ3v) is 10.3. The summed E-state index contributed by atoms with van der Waals surface area (Å²) in [7, 11) is 4.06. The van der Waals surface area contributed by atoms with Gasteiger partial charge in [-0.05, 0) is 90.1 Å². The second kappa shape index (κ2) is 42.6. The Bertz CT molecular complexity index is 575. The molecule has 0 saturated carbocycles. The van der Waals surface area contributed by atoms with Crippen LogP contribution < -0.4 is 10.6 Å². The number of rotatable bonds is 37. The summed E-state index contributed by atoms with van der Waals surface area (Å²) in [4.78, 5) is 0. The van der Waals surface area contributed by atoms with E-state index in [0.717, 1.165) is 25.9 Å². The first-order valence-electron chi connectivity index (χ1n) is 19.2.